The number of nitrogens with one attached hydrogen (secondary N) is 2. The van der Waals surface area contributed by atoms with E-state index in [9.17, 15) is 0 Å². The molecule has 2 N–H and O–H groups in total. The first-order valence-corrected chi connectivity index (χ1v) is 8.37. The van der Waals surface area contributed by atoms with Gasteiger partial charge in [0.25, 0.3) is 0 Å². The lowest BCUT2D eigenvalue weighted by molar-refractivity contribution is 0.382. The lowest BCUT2D eigenvalue weighted by atomic mass is 10.1. The Hall–Kier alpha value is -0.0800. The summed E-state index contributed by atoms with van der Waals surface area (Å²) in [5.74, 6) is 0. The lowest BCUT2D eigenvalue weighted by Gasteiger charge is -2.23. The number of hydrogen-bond donors (Lipinski definition) is 2. The minimum atomic E-state index is 0.743. The summed E-state index contributed by atoms with van der Waals surface area (Å²) in [6.07, 6.45) is 15.5. The lowest BCUT2D eigenvalue weighted by Crippen LogP contribution is -2.41. The maximum Gasteiger partial charge on any atom is 0.0192 e. The Kier molecular flexibility index (Phi) is 10.6. The minimum Gasteiger partial charge on any atom is -0.315 e. The van der Waals surface area contributed by atoms with Crippen LogP contribution in [0.25, 0.3) is 0 Å². The van der Waals surface area contributed by atoms with Gasteiger partial charge in [-0.05, 0) is 32.4 Å². The summed E-state index contributed by atoms with van der Waals surface area (Å²) in [5, 5.41) is 7.19. The Morgan fingerprint density at radius 2 is 1.67 bits per heavy atom. The van der Waals surface area contributed by atoms with Crippen molar-refractivity contribution in [1.82, 2.24) is 10.6 Å². The molecule has 0 amide bonds. The second kappa shape index (κ2) is 12.0. The molecule has 1 saturated heterocycles. The predicted molar refractivity (Wildman–Crippen MR) is 81.1 cm³/mol. The maximum absolute atomic E-state index is 3.60. The Balaban J connectivity index is 1.73. The molecule has 2 nitrogen and oxygen atoms in total. The van der Waals surface area contributed by atoms with E-state index >= 15 is 0 Å². The fraction of sp³-hybridized carbons (Fsp3) is 1.00. The molecule has 0 aromatic carbocycles. The van der Waals surface area contributed by atoms with Gasteiger partial charge in [-0.3, -0.25) is 0 Å². The van der Waals surface area contributed by atoms with Crippen molar-refractivity contribution in [2.24, 2.45) is 0 Å². The van der Waals surface area contributed by atoms with Gasteiger partial charge in [0, 0.05) is 12.6 Å². The van der Waals surface area contributed by atoms with E-state index < -0.39 is 0 Å². The third-order valence-electron chi connectivity index (χ3n) is 4.01. The van der Waals surface area contributed by atoms with Crippen LogP contribution in [0.5, 0.6) is 0 Å². The molecule has 0 aromatic rings. The second-order valence-electron chi connectivity index (χ2n) is 5.83. The molecule has 108 valence electrons. The highest BCUT2D eigenvalue weighted by atomic mass is 15.0. The number of unbranched alkanes of at least 4 members (excludes halogenated alkanes) is 7. The van der Waals surface area contributed by atoms with Crippen LogP contribution in [-0.4, -0.2) is 25.7 Å². The monoisotopic (exact) mass is 254 g/mol. The van der Waals surface area contributed by atoms with Gasteiger partial charge in [0.05, 0.1) is 0 Å². The molecule has 0 aromatic heterocycles. The van der Waals surface area contributed by atoms with Gasteiger partial charge >= 0.3 is 0 Å². The molecule has 0 saturated carbocycles. The van der Waals surface area contributed by atoms with Crippen molar-refractivity contribution in [3.8, 4) is 0 Å². The fourth-order valence-corrected chi connectivity index (χ4v) is 2.76. The highest BCUT2D eigenvalue weighted by Crippen LogP contribution is 2.08. The molecule has 1 unspecified atom stereocenters. The average Bonchev–Trinajstić information content (AvgIpc) is 2.42. The summed E-state index contributed by atoms with van der Waals surface area (Å²) in [6, 6.07) is 0.743. The van der Waals surface area contributed by atoms with E-state index in [1.54, 1.807) is 0 Å². The van der Waals surface area contributed by atoms with Crippen molar-refractivity contribution in [3.63, 3.8) is 0 Å². The van der Waals surface area contributed by atoms with E-state index in [1.807, 2.05) is 0 Å². The number of hydrogen-bond acceptors (Lipinski definition) is 2. The standard InChI is InChI=1S/C16H34N2/c1-2-3-4-5-6-7-8-10-13-17-15-16-12-9-11-14-18-16/h16-18H,2-15H2,1H3. The summed E-state index contributed by atoms with van der Waals surface area (Å²) in [7, 11) is 0. The van der Waals surface area contributed by atoms with Crippen molar-refractivity contribution in [3.05, 3.63) is 0 Å². The molecule has 2 heteroatoms. The zero-order valence-electron chi connectivity index (χ0n) is 12.5. The van der Waals surface area contributed by atoms with Gasteiger partial charge in [0.2, 0.25) is 0 Å². The summed E-state index contributed by atoms with van der Waals surface area (Å²) >= 11 is 0. The molecule has 1 rings (SSSR count). The fourth-order valence-electron chi connectivity index (χ4n) is 2.76. The first-order chi connectivity index (χ1) is 8.93. The number of rotatable bonds is 11. The van der Waals surface area contributed by atoms with Crippen LogP contribution in [0.15, 0.2) is 0 Å². The van der Waals surface area contributed by atoms with Gasteiger partial charge in [-0.15, -0.1) is 0 Å². The van der Waals surface area contributed by atoms with Crippen LogP contribution >= 0.6 is 0 Å². The van der Waals surface area contributed by atoms with Crippen LogP contribution in [0, 0.1) is 0 Å². The molecule has 0 bridgehead atoms. The van der Waals surface area contributed by atoms with Crippen LogP contribution in [0.4, 0.5) is 0 Å². The normalized spacial score (nSPS) is 20.2. The highest BCUT2D eigenvalue weighted by Gasteiger charge is 2.10. The zero-order chi connectivity index (χ0) is 12.9. The van der Waals surface area contributed by atoms with Crippen molar-refractivity contribution < 1.29 is 0 Å². The van der Waals surface area contributed by atoms with E-state index in [1.165, 1.54) is 90.3 Å². The van der Waals surface area contributed by atoms with Gasteiger partial charge in [0.15, 0.2) is 0 Å². The second-order valence-corrected chi connectivity index (χ2v) is 5.83. The molecule has 1 aliphatic heterocycles. The van der Waals surface area contributed by atoms with Crippen molar-refractivity contribution >= 4 is 0 Å². The van der Waals surface area contributed by atoms with Gasteiger partial charge < -0.3 is 10.6 Å². The summed E-state index contributed by atoms with van der Waals surface area (Å²) in [6.45, 7) is 5.90. The largest absolute Gasteiger partial charge is 0.315 e. The average molecular weight is 254 g/mol. The molecule has 0 radical (unpaired) electrons. The van der Waals surface area contributed by atoms with Gasteiger partial charge in [-0.2, -0.15) is 0 Å². The Labute approximate surface area is 114 Å². The minimum absolute atomic E-state index is 0.743. The predicted octanol–water partition coefficient (Wildman–Crippen LogP) is 3.86. The molecule has 1 aliphatic rings. The van der Waals surface area contributed by atoms with E-state index in [0.29, 0.717) is 0 Å². The van der Waals surface area contributed by atoms with Crippen LogP contribution in [0.1, 0.15) is 77.6 Å². The van der Waals surface area contributed by atoms with Crippen molar-refractivity contribution in [2.75, 3.05) is 19.6 Å². The van der Waals surface area contributed by atoms with Crippen LogP contribution in [-0.2, 0) is 0 Å². The van der Waals surface area contributed by atoms with E-state index in [-0.39, 0.29) is 0 Å². The first kappa shape index (κ1) is 16.0. The quantitative estimate of drug-likeness (QED) is 0.547. The van der Waals surface area contributed by atoms with Gasteiger partial charge in [0.1, 0.15) is 0 Å². The third kappa shape index (κ3) is 8.93. The van der Waals surface area contributed by atoms with Crippen molar-refractivity contribution in [2.45, 2.75) is 83.6 Å². The molecule has 0 spiro atoms. The Bertz CT molecular complexity index is 164. The first-order valence-electron chi connectivity index (χ1n) is 8.37. The summed E-state index contributed by atoms with van der Waals surface area (Å²) in [4.78, 5) is 0. The summed E-state index contributed by atoms with van der Waals surface area (Å²) < 4.78 is 0. The Morgan fingerprint density at radius 3 is 2.33 bits per heavy atom. The SMILES string of the molecule is CCCCCCCCCCNCC1CCCCN1. The maximum atomic E-state index is 3.60. The van der Waals surface area contributed by atoms with Gasteiger partial charge in [-0.1, -0.05) is 58.3 Å². The number of piperidine rings is 1. The van der Waals surface area contributed by atoms with Crippen LogP contribution in [0.2, 0.25) is 0 Å². The molecule has 0 aliphatic carbocycles. The topological polar surface area (TPSA) is 24.1 Å². The molecular formula is C16H34N2. The molecule has 1 atom stereocenters. The van der Waals surface area contributed by atoms with Crippen molar-refractivity contribution in [1.29, 1.82) is 0 Å². The third-order valence-corrected chi connectivity index (χ3v) is 4.01. The van der Waals surface area contributed by atoms with Crippen LogP contribution < -0.4 is 10.6 Å². The molecule has 1 fully saturated rings. The van der Waals surface area contributed by atoms with Gasteiger partial charge in [-0.25, -0.2) is 0 Å². The molecule has 18 heavy (non-hydrogen) atoms. The molecular weight excluding hydrogens is 220 g/mol. The van der Waals surface area contributed by atoms with Crippen LogP contribution in [0.3, 0.4) is 0 Å². The van der Waals surface area contributed by atoms with E-state index in [4.69, 9.17) is 0 Å². The summed E-state index contributed by atoms with van der Waals surface area (Å²) in [5.41, 5.74) is 0. The van der Waals surface area contributed by atoms with E-state index in [2.05, 4.69) is 17.6 Å². The van der Waals surface area contributed by atoms with E-state index in [0.717, 1.165) is 6.04 Å². The zero-order valence-corrected chi connectivity index (χ0v) is 12.5. The smallest absolute Gasteiger partial charge is 0.0192 e. The Morgan fingerprint density at radius 1 is 0.944 bits per heavy atom. The molecule has 1 heterocycles. The highest BCUT2D eigenvalue weighted by molar-refractivity contribution is 4.73.